The van der Waals surface area contributed by atoms with Crippen molar-refractivity contribution in [3.63, 3.8) is 0 Å². The average molecular weight is 406 g/mol. The fourth-order valence-corrected chi connectivity index (χ4v) is 3.04. The summed E-state index contributed by atoms with van der Waals surface area (Å²) in [7, 11) is 0. The number of esters is 1. The van der Waals surface area contributed by atoms with Crippen LogP contribution in [0.3, 0.4) is 0 Å². The number of benzene rings is 2. The van der Waals surface area contributed by atoms with Gasteiger partial charge < -0.3 is 19.8 Å². The number of carbonyl (C=O) groups is 2. The zero-order valence-electron chi connectivity index (χ0n) is 17.0. The Kier molecular flexibility index (Phi) is 7.66. The van der Waals surface area contributed by atoms with E-state index in [4.69, 9.17) is 9.15 Å². The molecule has 30 heavy (non-hydrogen) atoms. The Morgan fingerprint density at radius 1 is 1.00 bits per heavy atom. The van der Waals surface area contributed by atoms with Crippen molar-refractivity contribution in [1.29, 1.82) is 0 Å². The third-order valence-electron chi connectivity index (χ3n) is 4.63. The highest BCUT2D eigenvalue weighted by atomic mass is 16.5. The van der Waals surface area contributed by atoms with Crippen LogP contribution in [0, 0.1) is 0 Å². The summed E-state index contributed by atoms with van der Waals surface area (Å²) in [5, 5.41) is 6.02. The maximum absolute atomic E-state index is 12.5. The lowest BCUT2D eigenvalue weighted by Crippen LogP contribution is -2.36. The van der Waals surface area contributed by atoms with E-state index in [-0.39, 0.29) is 18.6 Å². The van der Waals surface area contributed by atoms with E-state index in [9.17, 15) is 9.59 Å². The number of carbonyl (C=O) groups excluding carboxylic acids is 2. The van der Waals surface area contributed by atoms with Crippen LogP contribution in [-0.2, 0) is 22.5 Å². The van der Waals surface area contributed by atoms with E-state index < -0.39 is 5.97 Å². The lowest BCUT2D eigenvalue weighted by atomic mass is 10.1. The van der Waals surface area contributed by atoms with E-state index in [1.165, 1.54) is 5.56 Å². The van der Waals surface area contributed by atoms with E-state index in [0.717, 1.165) is 18.6 Å². The third-order valence-corrected chi connectivity index (χ3v) is 4.63. The fraction of sp³-hybridized carbons (Fsp3) is 0.250. The molecule has 3 aromatic rings. The van der Waals surface area contributed by atoms with Gasteiger partial charge in [0.2, 0.25) is 0 Å². The molecule has 1 aromatic heterocycles. The molecule has 0 spiro atoms. The molecule has 0 saturated heterocycles. The van der Waals surface area contributed by atoms with Crippen LogP contribution in [0.2, 0.25) is 0 Å². The second-order valence-electron chi connectivity index (χ2n) is 7.05. The number of hydrogen-bond donors (Lipinski definition) is 2. The number of rotatable bonds is 10. The number of furan rings is 1. The zero-order chi connectivity index (χ0) is 21.2. The van der Waals surface area contributed by atoms with Crippen molar-refractivity contribution in [3.05, 3.63) is 89.9 Å². The molecular weight excluding hydrogens is 380 g/mol. The topological polar surface area (TPSA) is 80.6 Å². The highest BCUT2D eigenvalue weighted by Crippen LogP contribution is 2.17. The molecule has 0 fully saturated rings. The Labute approximate surface area is 176 Å². The third kappa shape index (κ3) is 6.51. The van der Waals surface area contributed by atoms with Crippen LogP contribution in [-0.4, -0.2) is 24.5 Å². The molecule has 1 atom stereocenters. The molecule has 0 aliphatic heterocycles. The molecule has 6 heteroatoms. The van der Waals surface area contributed by atoms with Crippen LogP contribution < -0.4 is 10.6 Å². The predicted molar refractivity (Wildman–Crippen MR) is 115 cm³/mol. The van der Waals surface area contributed by atoms with Crippen LogP contribution in [0.5, 0.6) is 0 Å². The quantitative estimate of drug-likeness (QED) is 0.494. The minimum atomic E-state index is -0.551. The lowest BCUT2D eigenvalue weighted by Gasteiger charge is -2.15. The highest BCUT2D eigenvalue weighted by Gasteiger charge is 2.15. The van der Waals surface area contributed by atoms with Gasteiger partial charge in [-0.25, -0.2) is 4.79 Å². The number of aryl methyl sites for hydroxylation is 1. The molecule has 2 N–H and O–H groups in total. The molecule has 3 rings (SSSR count). The fourth-order valence-electron chi connectivity index (χ4n) is 3.04. The normalized spacial score (nSPS) is 11.5. The Morgan fingerprint density at radius 2 is 1.77 bits per heavy atom. The van der Waals surface area contributed by atoms with Gasteiger partial charge in [0.15, 0.2) is 6.61 Å². The van der Waals surface area contributed by atoms with Crippen LogP contribution in [0.15, 0.2) is 77.4 Å². The summed E-state index contributed by atoms with van der Waals surface area (Å²) in [6, 6.07) is 20.8. The van der Waals surface area contributed by atoms with E-state index in [1.54, 1.807) is 30.5 Å². The second kappa shape index (κ2) is 10.9. The van der Waals surface area contributed by atoms with Gasteiger partial charge in [0.25, 0.3) is 5.91 Å². The van der Waals surface area contributed by atoms with Crippen molar-refractivity contribution >= 4 is 17.6 Å². The minimum absolute atomic E-state index is 0.0151. The summed E-state index contributed by atoms with van der Waals surface area (Å²) in [5.74, 6) is -0.114. The number of nitrogens with one attached hydrogen (secondary N) is 2. The molecular formula is C24H26N2O4. The monoisotopic (exact) mass is 406 g/mol. The smallest absolute Gasteiger partial charge is 0.340 e. The van der Waals surface area contributed by atoms with Crippen LogP contribution in [0.4, 0.5) is 5.69 Å². The second-order valence-corrected chi connectivity index (χ2v) is 7.05. The van der Waals surface area contributed by atoms with Crippen molar-refractivity contribution in [1.82, 2.24) is 5.32 Å². The Balaban J connectivity index is 1.45. The molecule has 1 amide bonds. The summed E-state index contributed by atoms with van der Waals surface area (Å²) < 4.78 is 10.5. The summed E-state index contributed by atoms with van der Waals surface area (Å²) in [6.07, 6.45) is 3.27. The van der Waals surface area contributed by atoms with Crippen molar-refractivity contribution in [2.45, 2.75) is 32.4 Å². The Hall–Kier alpha value is -3.54. The maximum atomic E-state index is 12.5. The van der Waals surface area contributed by atoms with Crippen molar-refractivity contribution in [3.8, 4) is 0 Å². The Morgan fingerprint density at radius 3 is 2.53 bits per heavy atom. The summed E-state index contributed by atoms with van der Waals surface area (Å²) in [5.41, 5.74) is 2.22. The van der Waals surface area contributed by atoms with E-state index in [0.29, 0.717) is 17.8 Å². The molecule has 0 aliphatic carbocycles. The number of ether oxygens (including phenoxy) is 1. The molecule has 6 nitrogen and oxygen atoms in total. The molecule has 2 aromatic carbocycles. The minimum Gasteiger partial charge on any atom is -0.467 e. The molecule has 0 aliphatic rings. The van der Waals surface area contributed by atoms with Gasteiger partial charge in [-0.15, -0.1) is 0 Å². The van der Waals surface area contributed by atoms with Crippen LogP contribution in [0.25, 0.3) is 0 Å². The van der Waals surface area contributed by atoms with E-state index >= 15 is 0 Å². The van der Waals surface area contributed by atoms with Gasteiger partial charge >= 0.3 is 5.97 Å². The maximum Gasteiger partial charge on any atom is 0.340 e. The van der Waals surface area contributed by atoms with Crippen molar-refractivity contribution < 1.29 is 18.7 Å². The first kappa shape index (κ1) is 21.2. The first-order chi connectivity index (χ1) is 14.6. The van der Waals surface area contributed by atoms with Gasteiger partial charge in [0, 0.05) is 11.7 Å². The molecule has 0 saturated carbocycles. The SMILES string of the molecule is CC(CCc1ccccc1)NC(=O)COC(=O)c1ccccc1NCc1ccco1. The largest absolute Gasteiger partial charge is 0.467 e. The van der Waals surface area contributed by atoms with Gasteiger partial charge in [-0.3, -0.25) is 4.79 Å². The lowest BCUT2D eigenvalue weighted by molar-refractivity contribution is -0.124. The molecule has 1 heterocycles. The summed E-state index contributed by atoms with van der Waals surface area (Å²) >= 11 is 0. The molecule has 1 unspecified atom stereocenters. The van der Waals surface area contributed by atoms with Gasteiger partial charge in [-0.1, -0.05) is 42.5 Å². The number of para-hydroxylation sites is 1. The zero-order valence-corrected chi connectivity index (χ0v) is 17.0. The van der Waals surface area contributed by atoms with Gasteiger partial charge in [-0.05, 0) is 49.6 Å². The first-order valence-electron chi connectivity index (χ1n) is 9.97. The molecule has 0 bridgehead atoms. The first-order valence-corrected chi connectivity index (χ1v) is 9.97. The molecule has 0 radical (unpaired) electrons. The van der Waals surface area contributed by atoms with Gasteiger partial charge in [0.1, 0.15) is 5.76 Å². The van der Waals surface area contributed by atoms with Crippen molar-refractivity contribution in [2.24, 2.45) is 0 Å². The standard InChI is InChI=1S/C24H26N2O4/c1-18(13-14-19-8-3-2-4-9-19)26-23(27)17-30-24(28)21-11-5-6-12-22(21)25-16-20-10-7-15-29-20/h2-12,15,18,25H,13-14,16-17H2,1H3,(H,26,27). The predicted octanol–water partition coefficient (Wildman–Crippen LogP) is 4.19. The highest BCUT2D eigenvalue weighted by molar-refractivity contribution is 5.96. The number of amides is 1. The van der Waals surface area contributed by atoms with E-state index in [2.05, 4.69) is 22.8 Å². The average Bonchev–Trinajstić information content (AvgIpc) is 3.29. The summed E-state index contributed by atoms with van der Waals surface area (Å²) in [4.78, 5) is 24.6. The molecule has 156 valence electrons. The van der Waals surface area contributed by atoms with Crippen LogP contribution in [0.1, 0.15) is 35.0 Å². The van der Waals surface area contributed by atoms with Gasteiger partial charge in [-0.2, -0.15) is 0 Å². The van der Waals surface area contributed by atoms with Gasteiger partial charge in [0.05, 0.1) is 18.4 Å². The summed E-state index contributed by atoms with van der Waals surface area (Å²) in [6.45, 7) is 2.06. The van der Waals surface area contributed by atoms with E-state index in [1.807, 2.05) is 37.3 Å². The van der Waals surface area contributed by atoms with Crippen molar-refractivity contribution in [2.75, 3.05) is 11.9 Å². The Bertz CT molecular complexity index is 939. The van der Waals surface area contributed by atoms with Crippen LogP contribution >= 0.6 is 0 Å². The number of hydrogen-bond acceptors (Lipinski definition) is 5. The number of anilines is 1.